The van der Waals surface area contributed by atoms with Gasteiger partial charge in [-0.25, -0.2) is 9.59 Å². The third-order valence-electron chi connectivity index (χ3n) is 5.20. The van der Waals surface area contributed by atoms with Crippen LogP contribution in [0.15, 0.2) is 35.5 Å². The molecule has 1 aliphatic heterocycles. The summed E-state index contributed by atoms with van der Waals surface area (Å²) >= 11 is 0. The van der Waals surface area contributed by atoms with Gasteiger partial charge in [-0.3, -0.25) is 9.59 Å². The monoisotopic (exact) mass is 434 g/mol. The second-order valence-electron chi connectivity index (χ2n) is 8.74. The van der Waals surface area contributed by atoms with Crippen molar-refractivity contribution in [1.82, 2.24) is 0 Å². The van der Waals surface area contributed by atoms with Gasteiger partial charge in [0.05, 0.1) is 11.8 Å². The maximum absolute atomic E-state index is 12.5. The average Bonchev–Trinajstić information content (AvgIpc) is 2.93. The quantitative estimate of drug-likeness (QED) is 0.230. The summed E-state index contributed by atoms with van der Waals surface area (Å²) in [7, 11) is 0. The van der Waals surface area contributed by atoms with Crippen LogP contribution in [0, 0.1) is 11.8 Å². The molecule has 0 aromatic heterocycles. The van der Waals surface area contributed by atoms with Crippen molar-refractivity contribution in [2.75, 3.05) is 0 Å². The zero-order valence-corrected chi connectivity index (χ0v) is 18.5. The molecule has 4 atom stereocenters. The molecule has 1 fully saturated rings. The van der Waals surface area contributed by atoms with Crippen molar-refractivity contribution in [2.24, 2.45) is 11.8 Å². The van der Waals surface area contributed by atoms with Crippen molar-refractivity contribution < 1.29 is 38.5 Å². The van der Waals surface area contributed by atoms with E-state index in [2.05, 4.69) is 6.58 Å². The number of allylic oxidation sites excluding steroid dienone is 2. The Morgan fingerprint density at radius 1 is 1.32 bits per heavy atom. The third-order valence-corrected chi connectivity index (χ3v) is 5.20. The molecule has 1 aliphatic carbocycles. The van der Waals surface area contributed by atoms with Crippen molar-refractivity contribution in [3.8, 4) is 0 Å². The zero-order valence-electron chi connectivity index (χ0n) is 18.5. The lowest BCUT2D eigenvalue weighted by Crippen LogP contribution is -2.48. The Morgan fingerprint density at radius 2 is 1.97 bits per heavy atom. The van der Waals surface area contributed by atoms with E-state index in [1.54, 1.807) is 26.0 Å². The summed E-state index contributed by atoms with van der Waals surface area (Å²) < 4.78 is 16.6. The third kappa shape index (κ3) is 5.70. The molecule has 0 amide bonds. The molecule has 8 nitrogen and oxygen atoms in total. The van der Waals surface area contributed by atoms with E-state index in [1.165, 1.54) is 13.8 Å². The van der Waals surface area contributed by atoms with Gasteiger partial charge in [-0.05, 0) is 39.7 Å². The number of hydrogen-bond acceptors (Lipinski definition) is 8. The van der Waals surface area contributed by atoms with Gasteiger partial charge >= 0.3 is 17.9 Å². The molecule has 0 aromatic carbocycles. The first-order valence-corrected chi connectivity index (χ1v) is 10.2. The second-order valence-corrected chi connectivity index (χ2v) is 8.74. The van der Waals surface area contributed by atoms with E-state index >= 15 is 0 Å². The largest absolute Gasteiger partial charge is 0.457 e. The van der Waals surface area contributed by atoms with Crippen LogP contribution in [0.25, 0.3) is 0 Å². The maximum atomic E-state index is 12.5. The molecule has 31 heavy (non-hydrogen) atoms. The Morgan fingerprint density at radius 3 is 2.52 bits per heavy atom. The van der Waals surface area contributed by atoms with Gasteiger partial charge in [-0.1, -0.05) is 32.1 Å². The van der Waals surface area contributed by atoms with Crippen LogP contribution in [-0.4, -0.2) is 53.2 Å². The van der Waals surface area contributed by atoms with E-state index in [1.807, 2.05) is 6.92 Å². The van der Waals surface area contributed by atoms with Crippen LogP contribution in [0.3, 0.4) is 0 Å². The summed E-state index contributed by atoms with van der Waals surface area (Å²) in [6.07, 6.45) is 1.48. The van der Waals surface area contributed by atoms with Crippen LogP contribution >= 0.6 is 0 Å². The summed E-state index contributed by atoms with van der Waals surface area (Å²) in [6, 6.07) is 0. The number of carbonyl (C=O) groups excluding carboxylic acids is 4. The summed E-state index contributed by atoms with van der Waals surface area (Å²) in [5, 5.41) is 10.1. The molecule has 0 saturated carbocycles. The Labute approximate surface area is 181 Å². The lowest BCUT2D eigenvalue weighted by atomic mass is 9.83. The van der Waals surface area contributed by atoms with Crippen LogP contribution in [0.1, 0.15) is 47.5 Å². The number of ether oxygens (including phenoxy) is 3. The first kappa shape index (κ1) is 24.5. The van der Waals surface area contributed by atoms with E-state index in [9.17, 15) is 24.3 Å². The first-order valence-electron chi connectivity index (χ1n) is 10.2. The van der Waals surface area contributed by atoms with E-state index in [-0.39, 0.29) is 11.1 Å². The minimum Gasteiger partial charge on any atom is -0.457 e. The van der Waals surface area contributed by atoms with Crippen molar-refractivity contribution in [3.63, 3.8) is 0 Å². The fraction of sp³-hybridized carbons (Fsp3) is 0.565. The van der Waals surface area contributed by atoms with Crippen molar-refractivity contribution in [2.45, 2.75) is 71.4 Å². The smallest absolute Gasteiger partial charge is 0.338 e. The predicted octanol–water partition coefficient (Wildman–Crippen LogP) is 2.20. The predicted molar refractivity (Wildman–Crippen MR) is 111 cm³/mol. The van der Waals surface area contributed by atoms with E-state index in [0.29, 0.717) is 19.1 Å². The van der Waals surface area contributed by atoms with E-state index in [0.717, 1.165) is 5.57 Å². The molecule has 1 heterocycles. The molecule has 0 radical (unpaired) electrons. The van der Waals surface area contributed by atoms with Gasteiger partial charge in [-0.2, -0.15) is 0 Å². The molecular formula is C23H30O8. The minimum absolute atomic E-state index is 0.0470. The molecule has 1 saturated heterocycles. The standard InChI is InChI=1S/C23H30O8/c1-12(2)20(25)30-19-17-14(4)21(26)29-16(17)10-13(3)8-7-9-15(11-24)18(19)31-22(27)23(5,6)28/h9-12,16-19,28H,4,7-8H2,1-3,5-6H3/b13-10+,15-9?/t16-,17+,18+,19+/m1/s1. The minimum atomic E-state index is -1.86. The fourth-order valence-corrected chi connectivity index (χ4v) is 3.37. The number of fused-ring (bicyclic) bond motifs is 1. The van der Waals surface area contributed by atoms with E-state index in [4.69, 9.17) is 14.2 Å². The summed E-state index contributed by atoms with van der Waals surface area (Å²) in [5.74, 6) is -3.68. The highest BCUT2D eigenvalue weighted by atomic mass is 16.6. The summed E-state index contributed by atoms with van der Waals surface area (Å²) in [5.41, 5.74) is -0.824. The highest BCUT2D eigenvalue weighted by molar-refractivity contribution is 5.91. The van der Waals surface area contributed by atoms with Crippen LogP contribution in [-0.2, 0) is 33.4 Å². The van der Waals surface area contributed by atoms with Crippen LogP contribution in [0.2, 0.25) is 0 Å². The van der Waals surface area contributed by atoms with Gasteiger partial charge in [-0.15, -0.1) is 0 Å². The van der Waals surface area contributed by atoms with E-state index < -0.39 is 53.7 Å². The lowest BCUT2D eigenvalue weighted by molar-refractivity contribution is -0.181. The normalized spacial score (nSPS) is 28.6. The maximum Gasteiger partial charge on any atom is 0.338 e. The molecule has 2 rings (SSSR count). The van der Waals surface area contributed by atoms with Crippen molar-refractivity contribution in [1.29, 1.82) is 0 Å². The molecule has 1 N–H and O–H groups in total. The molecule has 0 aromatic rings. The Balaban J connectivity index is 2.65. The van der Waals surface area contributed by atoms with Gasteiger partial charge in [0.1, 0.15) is 12.4 Å². The highest BCUT2D eigenvalue weighted by Crippen LogP contribution is 2.37. The Kier molecular flexibility index (Phi) is 7.59. The Bertz CT molecular complexity index is 827. The molecule has 2 aliphatic rings. The molecule has 0 bridgehead atoms. The summed E-state index contributed by atoms with van der Waals surface area (Å²) in [4.78, 5) is 49.3. The van der Waals surface area contributed by atoms with Gasteiger partial charge in [0.25, 0.3) is 0 Å². The average molecular weight is 434 g/mol. The second kappa shape index (κ2) is 9.60. The van der Waals surface area contributed by atoms with Crippen molar-refractivity contribution >= 4 is 24.2 Å². The van der Waals surface area contributed by atoms with Crippen molar-refractivity contribution in [3.05, 3.63) is 35.5 Å². The number of rotatable bonds is 5. The van der Waals surface area contributed by atoms with Crippen LogP contribution in [0.4, 0.5) is 0 Å². The lowest BCUT2D eigenvalue weighted by Gasteiger charge is -2.34. The van der Waals surface area contributed by atoms with Gasteiger partial charge in [0.15, 0.2) is 17.8 Å². The van der Waals surface area contributed by atoms with Crippen LogP contribution in [0.5, 0.6) is 0 Å². The van der Waals surface area contributed by atoms with Gasteiger partial charge in [0, 0.05) is 11.1 Å². The Hall–Kier alpha value is -2.74. The number of aliphatic hydroxyl groups is 1. The molecule has 170 valence electrons. The highest BCUT2D eigenvalue weighted by Gasteiger charge is 2.50. The molecule has 8 heteroatoms. The molecular weight excluding hydrogens is 404 g/mol. The topological polar surface area (TPSA) is 116 Å². The number of aldehydes is 1. The number of hydrogen-bond donors (Lipinski definition) is 1. The van der Waals surface area contributed by atoms with Gasteiger partial charge in [0.2, 0.25) is 0 Å². The van der Waals surface area contributed by atoms with Crippen LogP contribution < -0.4 is 0 Å². The molecule has 0 spiro atoms. The zero-order chi connectivity index (χ0) is 23.5. The fourth-order valence-electron chi connectivity index (χ4n) is 3.37. The number of esters is 3. The number of carbonyl (C=O) groups is 4. The van der Waals surface area contributed by atoms with Gasteiger partial charge < -0.3 is 19.3 Å². The summed E-state index contributed by atoms with van der Waals surface area (Å²) in [6.45, 7) is 11.4. The molecule has 0 unspecified atom stereocenters. The first-order chi connectivity index (χ1) is 14.4. The SMILES string of the molecule is C=C1C(=O)O[C@@H]2/C=C(\C)CCC=C(C=O)[C@H](OC(=O)C(C)(C)O)[C@@H](OC(=O)C(C)C)[C@@H]12.